The number of aromatic amines is 1. The van der Waals surface area contributed by atoms with E-state index < -0.39 is 11.9 Å². The number of H-pyrrole nitrogens is 1. The number of amides is 1. The quantitative estimate of drug-likeness (QED) is 0.684. The van der Waals surface area contributed by atoms with Gasteiger partial charge in [-0.1, -0.05) is 6.92 Å². The molecule has 3 aromatic heterocycles. The lowest BCUT2D eigenvalue weighted by molar-refractivity contribution is 0.0690. The summed E-state index contributed by atoms with van der Waals surface area (Å²) in [6.45, 7) is 3.96. The second kappa shape index (κ2) is 7.12. The van der Waals surface area contributed by atoms with Gasteiger partial charge in [-0.2, -0.15) is 0 Å². The molecule has 0 fully saturated rings. The van der Waals surface area contributed by atoms with Crippen molar-refractivity contribution in [1.29, 1.82) is 0 Å². The molecule has 3 rings (SSSR count). The molecule has 2 N–H and O–H groups in total. The molecular weight excluding hydrogens is 358 g/mol. The summed E-state index contributed by atoms with van der Waals surface area (Å²) in [7, 11) is 0. The molecule has 0 aliphatic carbocycles. The number of nitrogens with zero attached hydrogens (tertiary/aromatic N) is 2. The van der Waals surface area contributed by atoms with Gasteiger partial charge in [-0.15, -0.1) is 11.3 Å². The first kappa shape index (κ1) is 17.9. The molecule has 0 saturated heterocycles. The van der Waals surface area contributed by atoms with Crippen LogP contribution < -0.4 is 5.56 Å². The van der Waals surface area contributed by atoms with E-state index in [1.165, 1.54) is 22.3 Å². The van der Waals surface area contributed by atoms with Gasteiger partial charge in [0, 0.05) is 19.0 Å². The van der Waals surface area contributed by atoms with Crippen LogP contribution in [0.2, 0.25) is 0 Å². The molecule has 0 aliphatic rings. The molecule has 0 bridgehead atoms. The molecule has 0 spiro atoms. The molecule has 0 saturated carbocycles. The van der Waals surface area contributed by atoms with Crippen LogP contribution in [0.1, 0.15) is 46.3 Å². The third-order valence-electron chi connectivity index (χ3n) is 3.94. The van der Waals surface area contributed by atoms with Crippen LogP contribution in [-0.4, -0.2) is 38.4 Å². The first-order valence-corrected chi connectivity index (χ1v) is 8.94. The zero-order valence-electron chi connectivity index (χ0n) is 14.2. The van der Waals surface area contributed by atoms with Crippen LogP contribution >= 0.6 is 11.3 Å². The zero-order valence-corrected chi connectivity index (χ0v) is 15.1. The number of hydrogen-bond donors (Lipinski definition) is 2. The topological polar surface area (TPSA) is 117 Å². The van der Waals surface area contributed by atoms with Crippen molar-refractivity contribution in [1.82, 2.24) is 14.9 Å². The molecule has 9 heteroatoms. The lowest BCUT2D eigenvalue weighted by atomic mass is 10.2. The number of fused-ring (bicyclic) bond motifs is 1. The van der Waals surface area contributed by atoms with Crippen LogP contribution in [0.15, 0.2) is 26.7 Å². The third-order valence-corrected chi connectivity index (χ3v) is 4.85. The second-order valence-electron chi connectivity index (χ2n) is 5.57. The maximum absolute atomic E-state index is 12.7. The molecule has 0 aromatic carbocycles. The summed E-state index contributed by atoms with van der Waals surface area (Å²) in [6.07, 6.45) is 0.366. The Bertz CT molecular complexity index is 1030. The number of carbonyl (C=O) groups is 2. The fraction of sp³-hybridized carbons (Fsp3) is 0.294. The second-order valence-corrected chi connectivity index (χ2v) is 6.49. The Balaban J connectivity index is 1.89. The van der Waals surface area contributed by atoms with Crippen LogP contribution in [0.4, 0.5) is 0 Å². The standard InChI is InChI=1S/C17H17N3O5S/c1-3-11-9(17(23)24)7-12(25-11)16(22)20(4-2)8-13-18-10-5-6-26-14(10)15(21)19-13/h5-7H,3-4,8H2,1-2H3,(H,23,24)(H,18,19,21). The van der Waals surface area contributed by atoms with Gasteiger partial charge in [0.2, 0.25) is 0 Å². The molecule has 3 aromatic rings. The Kier molecular flexibility index (Phi) is 4.90. The highest BCUT2D eigenvalue weighted by Crippen LogP contribution is 2.19. The summed E-state index contributed by atoms with van der Waals surface area (Å²) in [5.74, 6) is -1.02. The van der Waals surface area contributed by atoms with Crippen molar-refractivity contribution in [2.45, 2.75) is 26.8 Å². The van der Waals surface area contributed by atoms with E-state index >= 15 is 0 Å². The number of nitrogens with one attached hydrogen (secondary N) is 1. The average molecular weight is 375 g/mol. The van der Waals surface area contributed by atoms with Crippen LogP contribution in [0.3, 0.4) is 0 Å². The van der Waals surface area contributed by atoms with E-state index in [1.54, 1.807) is 25.3 Å². The zero-order chi connectivity index (χ0) is 18.8. The first-order chi connectivity index (χ1) is 12.4. The Morgan fingerprint density at radius 3 is 2.77 bits per heavy atom. The van der Waals surface area contributed by atoms with E-state index in [2.05, 4.69) is 9.97 Å². The Labute approximate surface area is 152 Å². The van der Waals surface area contributed by atoms with Crippen molar-refractivity contribution < 1.29 is 19.1 Å². The number of furan rings is 1. The Morgan fingerprint density at radius 1 is 1.38 bits per heavy atom. The van der Waals surface area contributed by atoms with Crippen molar-refractivity contribution in [3.63, 3.8) is 0 Å². The summed E-state index contributed by atoms with van der Waals surface area (Å²) in [4.78, 5) is 44.5. The summed E-state index contributed by atoms with van der Waals surface area (Å²) in [6, 6.07) is 2.99. The van der Waals surface area contributed by atoms with Crippen molar-refractivity contribution in [2.24, 2.45) is 0 Å². The molecule has 8 nitrogen and oxygen atoms in total. The highest BCUT2D eigenvalue weighted by Gasteiger charge is 2.24. The van der Waals surface area contributed by atoms with Crippen LogP contribution in [0.5, 0.6) is 0 Å². The Morgan fingerprint density at radius 2 is 2.15 bits per heavy atom. The van der Waals surface area contributed by atoms with E-state index in [1.807, 2.05) is 0 Å². The number of thiophene rings is 1. The lowest BCUT2D eigenvalue weighted by Crippen LogP contribution is -2.31. The van der Waals surface area contributed by atoms with Crippen molar-refractivity contribution in [3.8, 4) is 0 Å². The van der Waals surface area contributed by atoms with Crippen LogP contribution in [-0.2, 0) is 13.0 Å². The summed E-state index contributed by atoms with van der Waals surface area (Å²) in [5.41, 5.74) is 0.317. The highest BCUT2D eigenvalue weighted by molar-refractivity contribution is 7.17. The van der Waals surface area contributed by atoms with Gasteiger partial charge in [0.1, 0.15) is 21.8 Å². The third kappa shape index (κ3) is 3.25. The predicted molar refractivity (Wildman–Crippen MR) is 95.7 cm³/mol. The predicted octanol–water partition coefficient (Wildman–Crippen LogP) is 2.50. The number of hydrogen-bond acceptors (Lipinski definition) is 6. The van der Waals surface area contributed by atoms with Gasteiger partial charge in [0.25, 0.3) is 11.5 Å². The first-order valence-electron chi connectivity index (χ1n) is 8.06. The molecule has 0 radical (unpaired) electrons. The molecule has 3 heterocycles. The van der Waals surface area contributed by atoms with Crippen molar-refractivity contribution >= 4 is 33.4 Å². The van der Waals surface area contributed by atoms with E-state index in [9.17, 15) is 19.5 Å². The van der Waals surface area contributed by atoms with Crippen molar-refractivity contribution in [2.75, 3.05) is 6.54 Å². The van der Waals surface area contributed by atoms with Gasteiger partial charge in [0.05, 0.1) is 12.1 Å². The number of carboxylic acid groups (broad SMARTS) is 1. The van der Waals surface area contributed by atoms with Gasteiger partial charge in [-0.25, -0.2) is 9.78 Å². The highest BCUT2D eigenvalue weighted by atomic mass is 32.1. The maximum atomic E-state index is 12.7. The molecule has 26 heavy (non-hydrogen) atoms. The molecule has 0 atom stereocenters. The number of carbonyl (C=O) groups excluding carboxylic acids is 1. The largest absolute Gasteiger partial charge is 0.478 e. The smallest absolute Gasteiger partial charge is 0.339 e. The lowest BCUT2D eigenvalue weighted by Gasteiger charge is -2.18. The minimum atomic E-state index is -1.14. The normalized spacial score (nSPS) is 11.0. The molecular formula is C17H17N3O5S. The minimum Gasteiger partial charge on any atom is -0.478 e. The summed E-state index contributed by atoms with van der Waals surface area (Å²) >= 11 is 1.30. The number of carboxylic acids is 1. The van der Waals surface area contributed by atoms with Crippen LogP contribution in [0, 0.1) is 0 Å². The van der Waals surface area contributed by atoms with Gasteiger partial charge in [-0.3, -0.25) is 9.59 Å². The monoisotopic (exact) mass is 375 g/mol. The van der Waals surface area contributed by atoms with E-state index in [0.717, 1.165) is 0 Å². The van der Waals surface area contributed by atoms with E-state index in [-0.39, 0.29) is 29.2 Å². The molecule has 1 amide bonds. The van der Waals surface area contributed by atoms with E-state index in [4.69, 9.17) is 4.42 Å². The van der Waals surface area contributed by atoms with Crippen molar-refractivity contribution in [3.05, 3.63) is 50.8 Å². The van der Waals surface area contributed by atoms with Gasteiger partial charge in [-0.05, 0) is 18.4 Å². The van der Waals surface area contributed by atoms with Crippen LogP contribution in [0.25, 0.3) is 10.2 Å². The number of aromatic carboxylic acids is 1. The average Bonchev–Trinajstić information content (AvgIpc) is 3.25. The molecule has 136 valence electrons. The summed E-state index contributed by atoms with van der Waals surface area (Å²) in [5, 5.41) is 11.0. The maximum Gasteiger partial charge on any atom is 0.339 e. The SMILES string of the molecule is CCc1oc(C(=O)N(CC)Cc2nc3ccsc3c(=O)[nH]2)cc1C(=O)O. The van der Waals surface area contributed by atoms with Gasteiger partial charge < -0.3 is 19.4 Å². The fourth-order valence-electron chi connectivity index (χ4n) is 2.64. The van der Waals surface area contributed by atoms with E-state index in [0.29, 0.717) is 29.0 Å². The number of aryl methyl sites for hydroxylation is 1. The Hall–Kier alpha value is -2.94. The molecule has 0 unspecified atom stereocenters. The fourth-order valence-corrected chi connectivity index (χ4v) is 3.36. The minimum absolute atomic E-state index is 0.0156. The summed E-state index contributed by atoms with van der Waals surface area (Å²) < 4.78 is 5.96. The van der Waals surface area contributed by atoms with Gasteiger partial charge >= 0.3 is 5.97 Å². The number of aromatic nitrogens is 2. The van der Waals surface area contributed by atoms with Gasteiger partial charge in [0.15, 0.2) is 5.76 Å². The number of rotatable bonds is 6. The molecule has 0 aliphatic heterocycles.